The molecular formula is C12H6BrCl2F. The Labute approximate surface area is 111 Å². The third-order valence-corrected chi connectivity index (χ3v) is 3.54. The molecule has 0 saturated heterocycles. The highest BCUT2D eigenvalue weighted by molar-refractivity contribution is 9.10. The molecule has 0 N–H and O–H groups in total. The van der Waals surface area contributed by atoms with Gasteiger partial charge in [0.25, 0.3) is 0 Å². The second-order valence-electron chi connectivity index (χ2n) is 3.25. The van der Waals surface area contributed by atoms with Crippen LogP contribution in [0.5, 0.6) is 0 Å². The molecule has 2 aromatic carbocycles. The summed E-state index contributed by atoms with van der Waals surface area (Å²) in [7, 11) is 0. The van der Waals surface area contributed by atoms with E-state index in [9.17, 15) is 4.39 Å². The van der Waals surface area contributed by atoms with Gasteiger partial charge in [-0.1, -0.05) is 51.3 Å². The van der Waals surface area contributed by atoms with E-state index < -0.39 is 0 Å². The van der Waals surface area contributed by atoms with E-state index in [4.69, 9.17) is 23.2 Å². The molecule has 0 aliphatic heterocycles. The van der Waals surface area contributed by atoms with Gasteiger partial charge in [0.1, 0.15) is 5.82 Å². The quantitative estimate of drug-likeness (QED) is 0.603. The Bertz CT molecular complexity index is 523. The highest BCUT2D eigenvalue weighted by Gasteiger charge is 2.07. The van der Waals surface area contributed by atoms with Gasteiger partial charge in [-0.3, -0.25) is 0 Å². The van der Waals surface area contributed by atoms with Crippen LogP contribution in [0, 0.1) is 5.82 Å². The van der Waals surface area contributed by atoms with E-state index in [0.717, 1.165) is 15.6 Å². The zero-order valence-corrected chi connectivity index (χ0v) is 11.1. The average molecular weight is 320 g/mol. The van der Waals surface area contributed by atoms with E-state index in [1.807, 2.05) is 0 Å². The molecule has 0 aliphatic rings. The summed E-state index contributed by atoms with van der Waals surface area (Å²) >= 11 is 15.2. The van der Waals surface area contributed by atoms with Crippen LogP contribution in [0.3, 0.4) is 0 Å². The standard InChI is InChI=1S/C12H6BrCl2F/c13-10-6-12(15)11(14)5-9(10)7-1-3-8(16)4-2-7/h1-6H. The minimum atomic E-state index is -0.264. The van der Waals surface area contributed by atoms with Crippen LogP contribution in [0.1, 0.15) is 0 Å². The maximum atomic E-state index is 12.8. The Balaban J connectivity index is 2.56. The predicted octanol–water partition coefficient (Wildman–Crippen LogP) is 5.56. The second-order valence-corrected chi connectivity index (χ2v) is 4.92. The Morgan fingerprint density at radius 1 is 0.938 bits per heavy atom. The molecule has 0 unspecified atom stereocenters. The van der Waals surface area contributed by atoms with E-state index >= 15 is 0 Å². The van der Waals surface area contributed by atoms with E-state index in [-0.39, 0.29) is 5.82 Å². The van der Waals surface area contributed by atoms with Gasteiger partial charge in [0.15, 0.2) is 0 Å². The van der Waals surface area contributed by atoms with Crippen molar-refractivity contribution in [2.24, 2.45) is 0 Å². The first-order valence-electron chi connectivity index (χ1n) is 4.48. The molecule has 0 heterocycles. The highest BCUT2D eigenvalue weighted by Crippen LogP contribution is 2.35. The SMILES string of the molecule is Fc1ccc(-c2cc(Cl)c(Cl)cc2Br)cc1. The topological polar surface area (TPSA) is 0 Å². The lowest BCUT2D eigenvalue weighted by Crippen LogP contribution is -1.82. The summed E-state index contributed by atoms with van der Waals surface area (Å²) in [5.41, 5.74) is 1.77. The number of halogens is 4. The number of benzene rings is 2. The van der Waals surface area contributed by atoms with Gasteiger partial charge in [0.05, 0.1) is 10.0 Å². The summed E-state index contributed by atoms with van der Waals surface area (Å²) in [5, 5.41) is 0.962. The van der Waals surface area contributed by atoms with Crippen LogP contribution in [0.15, 0.2) is 40.9 Å². The van der Waals surface area contributed by atoms with Gasteiger partial charge in [0.2, 0.25) is 0 Å². The Kier molecular flexibility index (Phi) is 3.53. The van der Waals surface area contributed by atoms with Crippen molar-refractivity contribution in [2.75, 3.05) is 0 Å². The predicted molar refractivity (Wildman–Crippen MR) is 69.6 cm³/mol. The zero-order chi connectivity index (χ0) is 11.7. The van der Waals surface area contributed by atoms with Crippen molar-refractivity contribution >= 4 is 39.1 Å². The van der Waals surface area contributed by atoms with E-state index in [1.54, 1.807) is 24.3 Å². The van der Waals surface area contributed by atoms with Crippen molar-refractivity contribution in [1.82, 2.24) is 0 Å². The van der Waals surface area contributed by atoms with Gasteiger partial charge in [-0.25, -0.2) is 4.39 Å². The fourth-order valence-electron chi connectivity index (χ4n) is 1.37. The molecule has 0 bridgehead atoms. The summed E-state index contributed by atoms with van der Waals surface area (Å²) in [6.45, 7) is 0. The van der Waals surface area contributed by atoms with Gasteiger partial charge in [-0.05, 0) is 35.4 Å². The number of hydrogen-bond acceptors (Lipinski definition) is 0. The van der Waals surface area contributed by atoms with Gasteiger partial charge < -0.3 is 0 Å². The lowest BCUT2D eigenvalue weighted by Gasteiger charge is -2.06. The van der Waals surface area contributed by atoms with Crippen molar-refractivity contribution in [3.63, 3.8) is 0 Å². The molecule has 16 heavy (non-hydrogen) atoms. The van der Waals surface area contributed by atoms with Gasteiger partial charge in [-0.15, -0.1) is 0 Å². The largest absolute Gasteiger partial charge is 0.207 e. The van der Waals surface area contributed by atoms with Gasteiger partial charge in [-0.2, -0.15) is 0 Å². The van der Waals surface area contributed by atoms with Crippen LogP contribution in [0.4, 0.5) is 4.39 Å². The normalized spacial score (nSPS) is 10.5. The summed E-state index contributed by atoms with van der Waals surface area (Å²) in [6.07, 6.45) is 0. The third-order valence-electron chi connectivity index (χ3n) is 2.17. The first-order chi connectivity index (χ1) is 7.58. The average Bonchev–Trinajstić information content (AvgIpc) is 2.25. The molecule has 0 atom stereocenters. The maximum absolute atomic E-state index is 12.8. The summed E-state index contributed by atoms with van der Waals surface area (Å²) in [5.74, 6) is -0.264. The molecule has 0 fully saturated rings. The van der Waals surface area contributed by atoms with Gasteiger partial charge in [0, 0.05) is 4.47 Å². The smallest absolute Gasteiger partial charge is 0.123 e. The van der Waals surface area contributed by atoms with Crippen LogP contribution < -0.4 is 0 Å². The Morgan fingerprint density at radius 2 is 1.50 bits per heavy atom. The monoisotopic (exact) mass is 318 g/mol. The first-order valence-corrected chi connectivity index (χ1v) is 6.03. The molecule has 0 aliphatic carbocycles. The van der Waals surface area contributed by atoms with E-state index in [2.05, 4.69) is 15.9 Å². The number of rotatable bonds is 1. The van der Waals surface area contributed by atoms with Crippen LogP contribution in [0.2, 0.25) is 10.0 Å². The number of hydrogen-bond donors (Lipinski definition) is 0. The zero-order valence-electron chi connectivity index (χ0n) is 7.98. The molecule has 0 aromatic heterocycles. The first kappa shape index (κ1) is 11.9. The molecule has 0 amide bonds. The molecule has 0 nitrogen and oxygen atoms in total. The lowest BCUT2D eigenvalue weighted by molar-refractivity contribution is 0.628. The minimum Gasteiger partial charge on any atom is -0.207 e. The Morgan fingerprint density at radius 3 is 2.12 bits per heavy atom. The van der Waals surface area contributed by atoms with Crippen LogP contribution >= 0.6 is 39.1 Å². The van der Waals surface area contributed by atoms with Crippen LogP contribution in [-0.2, 0) is 0 Å². The molecule has 0 radical (unpaired) electrons. The summed E-state index contributed by atoms with van der Waals surface area (Å²) < 4.78 is 13.6. The van der Waals surface area contributed by atoms with Gasteiger partial charge >= 0.3 is 0 Å². The van der Waals surface area contributed by atoms with E-state index in [0.29, 0.717) is 10.0 Å². The molecule has 0 spiro atoms. The van der Waals surface area contributed by atoms with Crippen molar-refractivity contribution in [3.05, 3.63) is 56.7 Å². The van der Waals surface area contributed by atoms with Crippen molar-refractivity contribution in [3.8, 4) is 11.1 Å². The molecule has 2 rings (SSSR count). The van der Waals surface area contributed by atoms with Crippen molar-refractivity contribution < 1.29 is 4.39 Å². The fourth-order valence-corrected chi connectivity index (χ4v) is 2.40. The molecule has 0 saturated carbocycles. The molecule has 82 valence electrons. The van der Waals surface area contributed by atoms with Crippen LogP contribution in [-0.4, -0.2) is 0 Å². The fraction of sp³-hybridized carbons (Fsp3) is 0. The lowest BCUT2D eigenvalue weighted by atomic mass is 10.1. The Hall–Kier alpha value is -0.570. The molecular weight excluding hydrogens is 314 g/mol. The van der Waals surface area contributed by atoms with E-state index in [1.165, 1.54) is 12.1 Å². The van der Waals surface area contributed by atoms with Crippen molar-refractivity contribution in [1.29, 1.82) is 0 Å². The summed E-state index contributed by atoms with van der Waals surface area (Å²) in [6, 6.07) is 9.68. The highest BCUT2D eigenvalue weighted by atomic mass is 79.9. The van der Waals surface area contributed by atoms with Crippen LogP contribution in [0.25, 0.3) is 11.1 Å². The molecule has 2 aromatic rings. The van der Waals surface area contributed by atoms with Crippen molar-refractivity contribution in [2.45, 2.75) is 0 Å². The molecule has 4 heteroatoms. The maximum Gasteiger partial charge on any atom is 0.123 e. The minimum absolute atomic E-state index is 0.264. The summed E-state index contributed by atoms with van der Waals surface area (Å²) in [4.78, 5) is 0. The second kappa shape index (κ2) is 4.74. The third kappa shape index (κ3) is 2.40.